The molecule has 2 unspecified atom stereocenters. The van der Waals surface area contributed by atoms with Gasteiger partial charge in [-0.05, 0) is 40.2 Å². The topological polar surface area (TPSA) is 51.4 Å². The third-order valence-electron chi connectivity index (χ3n) is 4.14. The molecule has 0 saturated heterocycles. The fourth-order valence-corrected chi connectivity index (χ4v) is 2.65. The molecule has 0 saturated carbocycles. The van der Waals surface area contributed by atoms with Crippen molar-refractivity contribution in [2.45, 2.75) is 46.6 Å². The highest BCUT2D eigenvalue weighted by Gasteiger charge is 2.12. The van der Waals surface area contributed by atoms with E-state index in [1.165, 1.54) is 5.57 Å². The van der Waals surface area contributed by atoms with Crippen LogP contribution in [0.15, 0.2) is 34.9 Å². The van der Waals surface area contributed by atoms with Crippen LogP contribution in [0.5, 0.6) is 0 Å². The average molecular weight is 348 g/mol. The molecule has 0 aromatic carbocycles. The van der Waals surface area contributed by atoms with E-state index in [4.69, 9.17) is 9.26 Å². The van der Waals surface area contributed by atoms with Crippen LogP contribution in [0.2, 0.25) is 0 Å². The fraction of sp³-hybridized carbons (Fsp3) is 0.600. The SMILES string of the molecule is C=CC(=CC)c1nc(CC(C)CC=C(C)CN(C)CC(C)OC)no1. The second kappa shape index (κ2) is 11.0. The van der Waals surface area contributed by atoms with Crippen LogP contribution in [-0.4, -0.2) is 48.4 Å². The zero-order valence-electron chi connectivity index (χ0n) is 16.6. The van der Waals surface area contributed by atoms with Gasteiger partial charge in [-0.2, -0.15) is 4.98 Å². The second-order valence-corrected chi connectivity index (χ2v) is 6.80. The predicted octanol–water partition coefficient (Wildman–Crippen LogP) is 4.14. The number of nitrogens with zero attached hydrogens (tertiary/aromatic N) is 3. The van der Waals surface area contributed by atoms with Gasteiger partial charge in [-0.15, -0.1) is 0 Å². The molecule has 1 heterocycles. The summed E-state index contributed by atoms with van der Waals surface area (Å²) in [6, 6.07) is 0. The molecule has 1 rings (SSSR count). The summed E-state index contributed by atoms with van der Waals surface area (Å²) in [4.78, 5) is 6.73. The first-order valence-electron chi connectivity index (χ1n) is 8.88. The predicted molar refractivity (Wildman–Crippen MR) is 103 cm³/mol. The van der Waals surface area contributed by atoms with Gasteiger partial charge in [0.15, 0.2) is 5.82 Å². The number of hydrogen-bond donors (Lipinski definition) is 0. The van der Waals surface area contributed by atoms with Crippen molar-refractivity contribution in [2.75, 3.05) is 27.2 Å². The van der Waals surface area contributed by atoms with Gasteiger partial charge in [0.25, 0.3) is 5.89 Å². The van der Waals surface area contributed by atoms with Crippen molar-refractivity contribution in [3.63, 3.8) is 0 Å². The van der Waals surface area contributed by atoms with E-state index in [9.17, 15) is 0 Å². The highest BCUT2D eigenvalue weighted by molar-refractivity contribution is 5.67. The van der Waals surface area contributed by atoms with E-state index in [1.54, 1.807) is 13.2 Å². The summed E-state index contributed by atoms with van der Waals surface area (Å²) in [5.74, 6) is 1.75. The highest BCUT2D eigenvalue weighted by Crippen LogP contribution is 2.16. The van der Waals surface area contributed by atoms with E-state index >= 15 is 0 Å². The van der Waals surface area contributed by atoms with E-state index < -0.39 is 0 Å². The molecule has 0 aliphatic heterocycles. The van der Waals surface area contributed by atoms with Crippen molar-refractivity contribution in [2.24, 2.45) is 5.92 Å². The standard InChI is InChI=1S/C20H33N3O2/c1-8-18(9-2)20-21-19(22-25-20)12-15(3)10-11-16(4)13-23(6)14-17(5)24-7/h8-9,11,15,17H,1,10,12-14H2,2-7H3. The van der Waals surface area contributed by atoms with Gasteiger partial charge in [0.1, 0.15) is 0 Å². The van der Waals surface area contributed by atoms with E-state index in [2.05, 4.69) is 55.5 Å². The van der Waals surface area contributed by atoms with Crippen molar-refractivity contribution in [3.8, 4) is 0 Å². The summed E-state index contributed by atoms with van der Waals surface area (Å²) >= 11 is 0. The first-order valence-corrected chi connectivity index (χ1v) is 8.88. The summed E-state index contributed by atoms with van der Waals surface area (Å²) in [5, 5.41) is 4.07. The zero-order chi connectivity index (χ0) is 18.8. The Bertz CT molecular complexity index is 590. The van der Waals surface area contributed by atoms with Gasteiger partial charge >= 0.3 is 0 Å². The Hall–Kier alpha value is -1.72. The molecule has 0 aliphatic rings. The summed E-state index contributed by atoms with van der Waals surface area (Å²) in [6.45, 7) is 14.0. The van der Waals surface area contributed by atoms with Crippen molar-refractivity contribution in [3.05, 3.63) is 42.1 Å². The van der Waals surface area contributed by atoms with Crippen LogP contribution in [0.25, 0.3) is 5.57 Å². The molecule has 140 valence electrons. The summed E-state index contributed by atoms with van der Waals surface area (Å²) < 4.78 is 10.6. The molecule has 1 aromatic heterocycles. The van der Waals surface area contributed by atoms with Crippen molar-refractivity contribution in [1.29, 1.82) is 0 Å². The van der Waals surface area contributed by atoms with Gasteiger partial charge in [0.05, 0.1) is 6.10 Å². The maximum atomic E-state index is 5.31. The largest absolute Gasteiger partial charge is 0.380 e. The van der Waals surface area contributed by atoms with Crippen LogP contribution in [0.1, 0.15) is 45.8 Å². The van der Waals surface area contributed by atoms with Gasteiger partial charge in [-0.3, -0.25) is 4.90 Å². The maximum Gasteiger partial charge on any atom is 0.257 e. The van der Waals surface area contributed by atoms with E-state index in [0.717, 1.165) is 37.3 Å². The molecule has 2 atom stereocenters. The van der Waals surface area contributed by atoms with Crippen LogP contribution in [0, 0.1) is 5.92 Å². The Kier molecular flexibility index (Phi) is 9.39. The summed E-state index contributed by atoms with van der Waals surface area (Å²) in [7, 11) is 3.87. The first kappa shape index (κ1) is 21.3. The van der Waals surface area contributed by atoms with Gasteiger partial charge in [-0.1, -0.05) is 42.5 Å². The molecule has 0 N–H and O–H groups in total. The summed E-state index contributed by atoms with van der Waals surface area (Å²) in [6.07, 6.45) is 8.01. The molecule has 25 heavy (non-hydrogen) atoms. The lowest BCUT2D eigenvalue weighted by atomic mass is 10.0. The van der Waals surface area contributed by atoms with Crippen molar-refractivity contribution < 1.29 is 9.26 Å². The molecule has 0 fully saturated rings. The minimum atomic E-state index is 0.252. The Morgan fingerprint density at radius 1 is 1.40 bits per heavy atom. The van der Waals surface area contributed by atoms with Gasteiger partial charge in [0, 0.05) is 32.2 Å². The fourth-order valence-electron chi connectivity index (χ4n) is 2.65. The lowest BCUT2D eigenvalue weighted by Crippen LogP contribution is -2.29. The number of likely N-dealkylation sites (N-methyl/N-ethyl adjacent to an activating group) is 1. The number of aromatic nitrogens is 2. The second-order valence-electron chi connectivity index (χ2n) is 6.80. The zero-order valence-corrected chi connectivity index (χ0v) is 16.6. The Balaban J connectivity index is 2.48. The summed E-state index contributed by atoms with van der Waals surface area (Å²) in [5.41, 5.74) is 2.24. The minimum absolute atomic E-state index is 0.252. The minimum Gasteiger partial charge on any atom is -0.380 e. The van der Waals surface area contributed by atoms with Crippen LogP contribution in [-0.2, 0) is 11.2 Å². The lowest BCUT2D eigenvalue weighted by molar-refractivity contribution is 0.0884. The molecule has 5 nitrogen and oxygen atoms in total. The molecular weight excluding hydrogens is 314 g/mol. The smallest absolute Gasteiger partial charge is 0.257 e. The van der Waals surface area contributed by atoms with Crippen LogP contribution >= 0.6 is 0 Å². The van der Waals surface area contributed by atoms with Crippen molar-refractivity contribution in [1.82, 2.24) is 15.0 Å². The normalized spacial score (nSPS) is 15.5. The van der Waals surface area contributed by atoms with E-state index in [1.807, 2.05) is 13.0 Å². The van der Waals surface area contributed by atoms with E-state index in [-0.39, 0.29) is 6.10 Å². The Morgan fingerprint density at radius 3 is 2.72 bits per heavy atom. The highest BCUT2D eigenvalue weighted by atomic mass is 16.5. The van der Waals surface area contributed by atoms with Crippen LogP contribution in [0.3, 0.4) is 0 Å². The molecule has 5 heteroatoms. The van der Waals surface area contributed by atoms with Crippen molar-refractivity contribution >= 4 is 5.57 Å². The number of rotatable bonds is 11. The third-order valence-corrected chi connectivity index (χ3v) is 4.14. The number of allylic oxidation sites excluding steroid dienone is 4. The van der Waals surface area contributed by atoms with Gasteiger partial charge < -0.3 is 9.26 Å². The lowest BCUT2D eigenvalue weighted by Gasteiger charge is -2.20. The number of methoxy groups -OCH3 is 1. The molecule has 0 spiro atoms. The quantitative estimate of drug-likeness (QED) is 0.445. The number of ether oxygens (including phenoxy) is 1. The molecular formula is C20H33N3O2. The average Bonchev–Trinajstić information content (AvgIpc) is 3.02. The monoisotopic (exact) mass is 347 g/mol. The van der Waals surface area contributed by atoms with Crippen LogP contribution in [0.4, 0.5) is 0 Å². The Labute approximate surface area is 152 Å². The molecule has 0 aliphatic carbocycles. The molecule has 0 bridgehead atoms. The Morgan fingerprint density at radius 2 is 2.12 bits per heavy atom. The number of hydrogen-bond acceptors (Lipinski definition) is 5. The third kappa shape index (κ3) is 7.80. The maximum absolute atomic E-state index is 5.31. The van der Waals surface area contributed by atoms with Crippen LogP contribution < -0.4 is 0 Å². The van der Waals surface area contributed by atoms with E-state index in [0.29, 0.717) is 11.8 Å². The molecule has 0 amide bonds. The molecule has 1 aromatic rings. The molecule has 0 radical (unpaired) electrons. The first-order chi connectivity index (χ1) is 11.9. The van der Waals surface area contributed by atoms with Gasteiger partial charge in [-0.25, -0.2) is 0 Å². The van der Waals surface area contributed by atoms with Gasteiger partial charge in [0.2, 0.25) is 0 Å².